The fourth-order valence-corrected chi connectivity index (χ4v) is 0.763. The molecule has 0 unspecified atom stereocenters. The summed E-state index contributed by atoms with van der Waals surface area (Å²) in [5.41, 5.74) is -0.248. The van der Waals surface area contributed by atoms with Crippen molar-refractivity contribution in [1.29, 1.82) is 0 Å². The Labute approximate surface area is 72.6 Å². The molecule has 1 N–H and O–H groups in total. The molecule has 2 nitrogen and oxygen atoms in total. The Bertz CT molecular complexity index is 633. The largest absolute Gasteiger partial charge is 0.506 e. The number of benzene rings is 1. The molecule has 0 bridgehead atoms. The molecule has 0 atom stereocenters. The molecule has 1 aromatic heterocycles. The van der Waals surface area contributed by atoms with Gasteiger partial charge in [0.1, 0.15) is 11.3 Å². The van der Waals surface area contributed by atoms with Crippen LogP contribution in [0.25, 0.3) is 10.9 Å². The van der Waals surface area contributed by atoms with Crippen molar-refractivity contribution in [2.45, 2.75) is 0 Å². The second kappa shape index (κ2) is 2.23. The van der Waals surface area contributed by atoms with Gasteiger partial charge >= 0.3 is 0 Å². The summed E-state index contributed by atoms with van der Waals surface area (Å²) < 4.78 is 44.8. The third-order valence-electron chi connectivity index (χ3n) is 1.24. The maximum absolute atomic E-state index is 9.62. The van der Waals surface area contributed by atoms with Crippen LogP contribution >= 0.6 is 0 Å². The number of fused-ring (bicyclic) bond motifs is 1. The molecular weight excluding hydrogens is 138 g/mol. The number of phenolic OH excluding ortho intramolecular Hbond substituents is 1. The zero-order chi connectivity index (χ0) is 12.9. The van der Waals surface area contributed by atoms with Gasteiger partial charge in [-0.3, -0.25) is 4.98 Å². The van der Waals surface area contributed by atoms with Crippen LogP contribution in [0.1, 0.15) is 8.22 Å². The summed E-state index contributed by atoms with van der Waals surface area (Å²) in [6.45, 7) is 0. The number of phenols is 1. The molecule has 0 spiro atoms. The van der Waals surface area contributed by atoms with E-state index >= 15 is 0 Å². The molecule has 0 saturated heterocycles. The van der Waals surface area contributed by atoms with Crippen molar-refractivity contribution in [1.82, 2.24) is 4.98 Å². The Kier molecular flexibility index (Phi) is 0.504. The SMILES string of the molecule is [2H]c1nc2c(O)c([2H])c([2H])c([2H])c2c([2H])c1[2H]. The number of rotatable bonds is 0. The van der Waals surface area contributed by atoms with Gasteiger partial charge in [0, 0.05) is 11.6 Å². The second-order valence-electron chi connectivity index (χ2n) is 1.92. The second-order valence-corrected chi connectivity index (χ2v) is 1.92. The van der Waals surface area contributed by atoms with Gasteiger partial charge in [0.05, 0.1) is 8.22 Å². The van der Waals surface area contributed by atoms with Gasteiger partial charge in [0.2, 0.25) is 0 Å². The van der Waals surface area contributed by atoms with Crippen molar-refractivity contribution in [3.8, 4) is 5.75 Å². The van der Waals surface area contributed by atoms with E-state index in [1.807, 2.05) is 0 Å². The molecular formula is C9H7NO. The number of aromatic hydroxyl groups is 1. The van der Waals surface area contributed by atoms with Crippen LogP contribution in [0.2, 0.25) is 0 Å². The minimum Gasteiger partial charge on any atom is -0.506 e. The fourth-order valence-electron chi connectivity index (χ4n) is 0.763. The van der Waals surface area contributed by atoms with Crippen LogP contribution in [0.15, 0.2) is 36.4 Å². The van der Waals surface area contributed by atoms with Crippen LogP contribution in [0, 0.1) is 0 Å². The van der Waals surface area contributed by atoms with E-state index in [-0.39, 0.29) is 10.9 Å². The molecule has 11 heavy (non-hydrogen) atoms. The van der Waals surface area contributed by atoms with E-state index in [4.69, 9.17) is 8.22 Å². The first-order valence-electron chi connectivity index (χ1n) is 5.92. The molecule has 1 aromatic carbocycles. The van der Waals surface area contributed by atoms with Crippen LogP contribution in [0.4, 0.5) is 0 Å². The lowest BCUT2D eigenvalue weighted by atomic mass is 10.2. The Morgan fingerprint density at radius 3 is 3.00 bits per heavy atom. The molecule has 0 radical (unpaired) electrons. The molecule has 0 aliphatic carbocycles. The van der Waals surface area contributed by atoms with E-state index in [0.717, 1.165) is 0 Å². The van der Waals surface area contributed by atoms with E-state index in [1.165, 1.54) is 0 Å². The van der Waals surface area contributed by atoms with Crippen molar-refractivity contribution < 1.29 is 13.3 Å². The van der Waals surface area contributed by atoms with Gasteiger partial charge in [-0.2, -0.15) is 0 Å². The Hall–Kier alpha value is -1.57. The first-order chi connectivity index (χ1) is 7.86. The van der Waals surface area contributed by atoms with Gasteiger partial charge in [0.25, 0.3) is 0 Å². The van der Waals surface area contributed by atoms with Gasteiger partial charge in [-0.25, -0.2) is 0 Å². The molecule has 2 rings (SSSR count). The molecule has 1 heterocycles. The standard InChI is InChI=1S/C9H7NO/c11-8-5-1-3-7-4-2-6-10-9(7)8/h1-6,11H/i1D,2D,3D,4D,5D,6D. The molecule has 0 fully saturated rings. The van der Waals surface area contributed by atoms with Crippen LogP contribution in [-0.2, 0) is 0 Å². The first-order valence-corrected chi connectivity index (χ1v) is 2.92. The minimum atomic E-state index is -0.636. The third-order valence-corrected chi connectivity index (χ3v) is 1.24. The van der Waals surface area contributed by atoms with E-state index in [1.54, 1.807) is 0 Å². The smallest absolute Gasteiger partial charge is 0.141 e. The van der Waals surface area contributed by atoms with E-state index in [0.29, 0.717) is 0 Å². The molecule has 2 aromatic rings. The Balaban J connectivity index is 3.12. The summed E-state index contributed by atoms with van der Waals surface area (Å²) in [7, 11) is 0. The van der Waals surface area contributed by atoms with Crippen molar-refractivity contribution in [2.24, 2.45) is 0 Å². The van der Waals surface area contributed by atoms with Gasteiger partial charge < -0.3 is 5.11 Å². The van der Waals surface area contributed by atoms with E-state index in [9.17, 15) is 5.11 Å². The van der Waals surface area contributed by atoms with Crippen LogP contribution in [-0.4, -0.2) is 10.1 Å². The summed E-state index contributed by atoms with van der Waals surface area (Å²) in [4.78, 5) is 3.58. The number of aromatic nitrogens is 1. The summed E-state index contributed by atoms with van der Waals surface area (Å²) >= 11 is 0. The number of nitrogens with zero attached hydrogens (tertiary/aromatic N) is 1. The number of hydrogen-bond donors (Lipinski definition) is 1. The monoisotopic (exact) mass is 151 g/mol. The minimum absolute atomic E-state index is 0.176. The third kappa shape index (κ3) is 0.923. The molecule has 0 saturated carbocycles. The van der Waals surface area contributed by atoms with Gasteiger partial charge in [-0.05, 0) is 12.1 Å². The average Bonchev–Trinajstić information content (AvgIpc) is 2.30. The highest BCUT2D eigenvalue weighted by atomic mass is 16.3. The highest BCUT2D eigenvalue weighted by molar-refractivity contribution is 5.83. The number of hydrogen-bond acceptors (Lipinski definition) is 2. The normalized spacial score (nSPS) is 17.8. The summed E-state index contributed by atoms with van der Waals surface area (Å²) in [6.07, 6.45) is -0.505. The van der Waals surface area contributed by atoms with Crippen LogP contribution in [0.5, 0.6) is 5.75 Å². The topological polar surface area (TPSA) is 33.1 Å². The van der Waals surface area contributed by atoms with Crippen molar-refractivity contribution in [3.63, 3.8) is 0 Å². The summed E-state index contributed by atoms with van der Waals surface area (Å²) in [6, 6.07) is -2.43. The zero-order valence-electron chi connectivity index (χ0n) is 11.4. The Morgan fingerprint density at radius 1 is 1.27 bits per heavy atom. The predicted molar refractivity (Wildman–Crippen MR) is 43.4 cm³/mol. The maximum atomic E-state index is 9.62. The van der Waals surface area contributed by atoms with Crippen molar-refractivity contribution >= 4 is 10.9 Å². The quantitative estimate of drug-likeness (QED) is 0.624. The molecule has 0 aliphatic heterocycles. The lowest BCUT2D eigenvalue weighted by Crippen LogP contribution is -1.76. The van der Waals surface area contributed by atoms with E-state index < -0.39 is 42.1 Å². The maximum Gasteiger partial charge on any atom is 0.141 e. The van der Waals surface area contributed by atoms with Gasteiger partial charge in [-0.1, -0.05) is 18.1 Å². The zero-order valence-corrected chi connectivity index (χ0v) is 5.39. The predicted octanol–water partition coefficient (Wildman–Crippen LogP) is 1.94. The lowest BCUT2D eigenvalue weighted by molar-refractivity contribution is 0.480. The highest BCUT2D eigenvalue weighted by Crippen LogP contribution is 2.20. The number of para-hydroxylation sites is 1. The first kappa shape index (κ1) is 2.48. The van der Waals surface area contributed by atoms with Crippen molar-refractivity contribution in [2.75, 3.05) is 0 Å². The highest BCUT2D eigenvalue weighted by Gasteiger charge is 1.96. The molecule has 54 valence electrons. The molecule has 2 heteroatoms. The summed E-state index contributed by atoms with van der Waals surface area (Å²) in [5.74, 6) is -0.636. The van der Waals surface area contributed by atoms with E-state index in [2.05, 4.69) is 4.98 Å². The van der Waals surface area contributed by atoms with Crippen LogP contribution in [0.3, 0.4) is 0 Å². The average molecular weight is 151 g/mol. The fraction of sp³-hybridized carbons (Fsp3) is 0. The molecule has 0 amide bonds. The van der Waals surface area contributed by atoms with Gasteiger partial charge in [-0.15, -0.1) is 0 Å². The lowest BCUT2D eigenvalue weighted by Gasteiger charge is -1.96. The summed E-state index contributed by atoms with van der Waals surface area (Å²) in [5, 5.41) is 9.45. The molecule has 0 aliphatic rings. The number of pyridine rings is 1. The Morgan fingerprint density at radius 2 is 2.09 bits per heavy atom. The van der Waals surface area contributed by atoms with Crippen molar-refractivity contribution in [3.05, 3.63) is 36.4 Å². The van der Waals surface area contributed by atoms with Crippen LogP contribution < -0.4 is 0 Å². The van der Waals surface area contributed by atoms with Gasteiger partial charge in [0.15, 0.2) is 0 Å².